The standard InChI is InChI=1S/C13H15F3N4/c14-13(15,16)12-6-7-19(18-12)9-10-5-8-20(17-10)11-3-1-2-4-11/h5-8,11H,1-4,9H2. The summed E-state index contributed by atoms with van der Waals surface area (Å²) in [5.41, 5.74) is -0.138. The van der Waals surface area contributed by atoms with Crippen LogP contribution in [0.5, 0.6) is 0 Å². The van der Waals surface area contributed by atoms with Gasteiger partial charge in [0.05, 0.1) is 18.3 Å². The van der Waals surface area contributed by atoms with Crippen molar-refractivity contribution in [2.45, 2.75) is 44.4 Å². The Hall–Kier alpha value is -1.79. The number of rotatable bonds is 3. The summed E-state index contributed by atoms with van der Waals surface area (Å²) in [6.07, 6.45) is 3.52. The molecule has 2 heterocycles. The van der Waals surface area contributed by atoms with Crippen molar-refractivity contribution in [1.82, 2.24) is 19.6 Å². The first-order valence-corrected chi connectivity index (χ1v) is 6.67. The normalized spacial score (nSPS) is 16.9. The van der Waals surface area contributed by atoms with Crippen molar-refractivity contribution in [2.75, 3.05) is 0 Å². The average Bonchev–Trinajstić information content (AvgIpc) is 3.08. The molecule has 0 atom stereocenters. The van der Waals surface area contributed by atoms with Gasteiger partial charge < -0.3 is 0 Å². The van der Waals surface area contributed by atoms with Crippen molar-refractivity contribution in [3.63, 3.8) is 0 Å². The number of halogens is 3. The van der Waals surface area contributed by atoms with Gasteiger partial charge in [-0.2, -0.15) is 23.4 Å². The maximum Gasteiger partial charge on any atom is 0.435 e. The van der Waals surface area contributed by atoms with Crippen molar-refractivity contribution in [3.05, 3.63) is 35.9 Å². The van der Waals surface area contributed by atoms with Crippen LogP contribution in [0.4, 0.5) is 13.2 Å². The molecular weight excluding hydrogens is 269 g/mol. The van der Waals surface area contributed by atoms with Gasteiger partial charge in [0, 0.05) is 12.4 Å². The van der Waals surface area contributed by atoms with Gasteiger partial charge in [-0.1, -0.05) is 12.8 Å². The summed E-state index contributed by atoms with van der Waals surface area (Å²) >= 11 is 0. The predicted octanol–water partition coefficient (Wildman–Crippen LogP) is 3.26. The quantitative estimate of drug-likeness (QED) is 0.867. The fourth-order valence-electron chi connectivity index (χ4n) is 2.60. The Balaban J connectivity index is 1.70. The Morgan fingerprint density at radius 3 is 2.50 bits per heavy atom. The van der Waals surface area contributed by atoms with Crippen LogP contribution >= 0.6 is 0 Å². The molecule has 4 nitrogen and oxygen atoms in total. The molecule has 1 aliphatic carbocycles. The van der Waals surface area contributed by atoms with E-state index in [2.05, 4.69) is 10.2 Å². The molecule has 1 saturated carbocycles. The molecule has 0 bridgehead atoms. The van der Waals surface area contributed by atoms with Gasteiger partial charge in [-0.15, -0.1) is 0 Å². The summed E-state index contributed by atoms with van der Waals surface area (Å²) in [7, 11) is 0. The van der Waals surface area contributed by atoms with Crippen LogP contribution in [0.25, 0.3) is 0 Å². The fraction of sp³-hybridized carbons (Fsp3) is 0.538. The van der Waals surface area contributed by atoms with Crippen LogP contribution in [0, 0.1) is 0 Å². The summed E-state index contributed by atoms with van der Waals surface area (Å²) in [4.78, 5) is 0. The van der Waals surface area contributed by atoms with E-state index in [0.717, 1.165) is 24.6 Å². The van der Waals surface area contributed by atoms with E-state index < -0.39 is 11.9 Å². The van der Waals surface area contributed by atoms with Crippen LogP contribution < -0.4 is 0 Å². The molecule has 0 aliphatic heterocycles. The predicted molar refractivity (Wildman–Crippen MR) is 66.1 cm³/mol. The SMILES string of the molecule is FC(F)(F)c1ccn(Cc2ccn(C3CCCC3)n2)n1. The van der Waals surface area contributed by atoms with Gasteiger partial charge in [-0.05, 0) is 25.0 Å². The van der Waals surface area contributed by atoms with Crippen LogP contribution in [-0.4, -0.2) is 19.6 Å². The molecule has 0 N–H and O–H groups in total. The van der Waals surface area contributed by atoms with Crippen molar-refractivity contribution in [2.24, 2.45) is 0 Å². The van der Waals surface area contributed by atoms with Gasteiger partial charge in [0.25, 0.3) is 0 Å². The van der Waals surface area contributed by atoms with Crippen LogP contribution in [0.2, 0.25) is 0 Å². The van der Waals surface area contributed by atoms with Crippen molar-refractivity contribution in [3.8, 4) is 0 Å². The molecule has 20 heavy (non-hydrogen) atoms. The minimum atomic E-state index is -4.39. The van der Waals surface area contributed by atoms with Gasteiger partial charge in [0.15, 0.2) is 5.69 Å². The maximum atomic E-state index is 12.5. The van der Waals surface area contributed by atoms with E-state index in [1.165, 1.54) is 23.7 Å². The van der Waals surface area contributed by atoms with Crippen LogP contribution in [-0.2, 0) is 12.7 Å². The Morgan fingerprint density at radius 1 is 1.10 bits per heavy atom. The van der Waals surface area contributed by atoms with E-state index >= 15 is 0 Å². The highest BCUT2D eigenvalue weighted by Crippen LogP contribution is 2.29. The number of nitrogens with zero attached hydrogens (tertiary/aromatic N) is 4. The molecule has 0 unspecified atom stereocenters. The maximum absolute atomic E-state index is 12.5. The van der Waals surface area contributed by atoms with E-state index in [1.54, 1.807) is 0 Å². The molecule has 1 fully saturated rings. The summed E-state index contributed by atoms with van der Waals surface area (Å²) in [5.74, 6) is 0. The topological polar surface area (TPSA) is 35.6 Å². The van der Waals surface area contributed by atoms with Gasteiger partial charge in [0.2, 0.25) is 0 Å². The molecule has 0 saturated heterocycles. The number of hydrogen-bond donors (Lipinski definition) is 0. The van der Waals surface area contributed by atoms with Gasteiger partial charge in [0.1, 0.15) is 0 Å². The molecule has 1 aliphatic rings. The third-order valence-electron chi connectivity index (χ3n) is 3.62. The third kappa shape index (κ3) is 2.71. The molecule has 7 heteroatoms. The van der Waals surface area contributed by atoms with Gasteiger partial charge in [-0.25, -0.2) is 0 Å². The van der Waals surface area contributed by atoms with Gasteiger partial charge in [-0.3, -0.25) is 9.36 Å². The average molecular weight is 284 g/mol. The van der Waals surface area contributed by atoms with Crippen molar-refractivity contribution >= 4 is 0 Å². The highest BCUT2D eigenvalue weighted by atomic mass is 19.4. The second-order valence-electron chi connectivity index (χ2n) is 5.12. The summed E-state index contributed by atoms with van der Waals surface area (Å²) < 4.78 is 40.6. The Kier molecular flexibility index (Phi) is 3.27. The van der Waals surface area contributed by atoms with E-state index in [4.69, 9.17) is 0 Å². The largest absolute Gasteiger partial charge is 0.435 e. The summed E-state index contributed by atoms with van der Waals surface area (Å²) in [6.45, 7) is 0.260. The van der Waals surface area contributed by atoms with E-state index in [-0.39, 0.29) is 6.54 Å². The Bertz CT molecular complexity index is 578. The number of hydrogen-bond acceptors (Lipinski definition) is 2. The van der Waals surface area contributed by atoms with Crippen LogP contribution in [0.1, 0.15) is 43.1 Å². The lowest BCUT2D eigenvalue weighted by molar-refractivity contribution is -0.141. The zero-order valence-electron chi connectivity index (χ0n) is 10.8. The second kappa shape index (κ2) is 4.96. The fourth-order valence-corrected chi connectivity index (χ4v) is 2.60. The highest BCUT2D eigenvalue weighted by Gasteiger charge is 2.33. The number of alkyl halides is 3. The summed E-state index contributed by atoms with van der Waals surface area (Å²) in [6, 6.07) is 3.26. The molecule has 108 valence electrons. The van der Waals surface area contributed by atoms with Gasteiger partial charge >= 0.3 is 6.18 Å². The van der Waals surface area contributed by atoms with E-state index in [0.29, 0.717) is 6.04 Å². The molecular formula is C13H15F3N4. The van der Waals surface area contributed by atoms with Crippen molar-refractivity contribution < 1.29 is 13.2 Å². The minimum Gasteiger partial charge on any atom is -0.269 e. The highest BCUT2D eigenvalue weighted by molar-refractivity contribution is 5.06. The first-order valence-electron chi connectivity index (χ1n) is 6.67. The first kappa shape index (κ1) is 13.2. The molecule has 0 radical (unpaired) electrons. The first-order chi connectivity index (χ1) is 9.52. The molecule has 0 aromatic carbocycles. The van der Waals surface area contributed by atoms with Crippen molar-refractivity contribution in [1.29, 1.82) is 0 Å². The third-order valence-corrected chi connectivity index (χ3v) is 3.62. The Morgan fingerprint density at radius 2 is 1.85 bits per heavy atom. The monoisotopic (exact) mass is 284 g/mol. The van der Waals surface area contributed by atoms with E-state index in [9.17, 15) is 13.2 Å². The lowest BCUT2D eigenvalue weighted by Crippen LogP contribution is -2.09. The summed E-state index contributed by atoms with van der Waals surface area (Å²) in [5, 5.41) is 7.96. The zero-order chi connectivity index (χ0) is 14.2. The minimum absolute atomic E-state index is 0.260. The Labute approximate surface area is 114 Å². The van der Waals surface area contributed by atoms with E-state index in [1.807, 2.05) is 16.9 Å². The smallest absolute Gasteiger partial charge is 0.269 e. The number of aromatic nitrogens is 4. The zero-order valence-corrected chi connectivity index (χ0v) is 10.8. The van der Waals surface area contributed by atoms with Crippen LogP contribution in [0.3, 0.4) is 0 Å². The molecule has 0 amide bonds. The lowest BCUT2D eigenvalue weighted by Gasteiger charge is -2.08. The molecule has 2 aromatic heterocycles. The molecule has 0 spiro atoms. The molecule has 3 rings (SSSR count). The lowest BCUT2D eigenvalue weighted by atomic mass is 10.3. The molecule has 2 aromatic rings. The second-order valence-corrected chi connectivity index (χ2v) is 5.12. The van der Waals surface area contributed by atoms with Crippen LogP contribution in [0.15, 0.2) is 24.5 Å².